The van der Waals surface area contributed by atoms with E-state index >= 15 is 0 Å². The third-order valence-electron chi connectivity index (χ3n) is 8.68. The summed E-state index contributed by atoms with van der Waals surface area (Å²) in [7, 11) is 3.88. The highest BCUT2D eigenvalue weighted by atomic mass is 16.5. The lowest BCUT2D eigenvalue weighted by molar-refractivity contribution is 0.151. The lowest BCUT2D eigenvalue weighted by Gasteiger charge is -2.35. The van der Waals surface area contributed by atoms with Crippen molar-refractivity contribution < 1.29 is 9.47 Å². The molecule has 2 aliphatic rings. The van der Waals surface area contributed by atoms with Gasteiger partial charge in [-0.25, -0.2) is 19.9 Å². The van der Waals surface area contributed by atoms with E-state index in [1.165, 1.54) is 44.7 Å². The van der Waals surface area contributed by atoms with E-state index in [-0.39, 0.29) is 0 Å². The maximum Gasteiger partial charge on any atom is 0.225 e. The molecule has 0 N–H and O–H groups in total. The summed E-state index contributed by atoms with van der Waals surface area (Å²) in [5.41, 5.74) is 3.23. The molecule has 2 fully saturated rings. The van der Waals surface area contributed by atoms with Crippen LogP contribution in [0.25, 0.3) is 10.9 Å². The molecule has 0 amide bonds. The number of aromatic nitrogens is 4. The van der Waals surface area contributed by atoms with Crippen molar-refractivity contribution in [2.45, 2.75) is 25.7 Å². The van der Waals surface area contributed by atoms with Crippen LogP contribution in [0.3, 0.4) is 0 Å². The Morgan fingerprint density at radius 3 is 2.23 bits per heavy atom. The van der Waals surface area contributed by atoms with Crippen molar-refractivity contribution in [2.75, 3.05) is 89.5 Å². The molecule has 4 heterocycles. The highest BCUT2D eigenvalue weighted by Gasteiger charge is 2.23. The second kappa shape index (κ2) is 14.6. The van der Waals surface area contributed by atoms with Gasteiger partial charge in [0.2, 0.25) is 5.95 Å². The van der Waals surface area contributed by atoms with E-state index < -0.39 is 0 Å². The Morgan fingerprint density at radius 1 is 0.727 bits per heavy atom. The van der Waals surface area contributed by atoms with E-state index in [1.54, 1.807) is 13.4 Å². The lowest BCUT2D eigenvalue weighted by Crippen LogP contribution is -2.47. The first-order chi connectivity index (χ1) is 21.7. The van der Waals surface area contributed by atoms with Gasteiger partial charge in [-0.05, 0) is 50.0 Å². The Bertz CT molecular complexity index is 1470. The number of piperazine rings is 2. The third-order valence-corrected chi connectivity index (χ3v) is 8.68. The molecule has 0 spiro atoms. The first-order valence-corrected chi connectivity index (χ1v) is 15.9. The summed E-state index contributed by atoms with van der Waals surface area (Å²) >= 11 is 0. The fourth-order valence-corrected chi connectivity index (χ4v) is 5.99. The predicted octanol–water partition coefficient (Wildman–Crippen LogP) is 4.14. The number of nitrogens with zero attached hydrogens (tertiary/aromatic N) is 8. The van der Waals surface area contributed by atoms with Gasteiger partial charge in [0.25, 0.3) is 0 Å². The van der Waals surface area contributed by atoms with Crippen LogP contribution < -0.4 is 19.3 Å². The molecule has 10 nitrogen and oxygen atoms in total. The van der Waals surface area contributed by atoms with Crippen LogP contribution in [0.15, 0.2) is 61.2 Å². The first-order valence-electron chi connectivity index (χ1n) is 15.9. The van der Waals surface area contributed by atoms with Crippen molar-refractivity contribution >= 4 is 22.7 Å². The molecule has 2 aromatic heterocycles. The molecule has 0 saturated carbocycles. The number of unbranched alkanes of at least 4 members (excludes halogenated alkanes) is 2. The highest BCUT2D eigenvalue weighted by Crippen LogP contribution is 2.35. The zero-order valence-electron chi connectivity index (χ0n) is 26.1. The molecule has 2 aliphatic heterocycles. The molecule has 6 rings (SSSR count). The number of anilines is 2. The van der Waals surface area contributed by atoms with Gasteiger partial charge in [-0.3, -0.25) is 0 Å². The number of hydrogen-bond donors (Lipinski definition) is 0. The van der Waals surface area contributed by atoms with Crippen molar-refractivity contribution in [1.82, 2.24) is 29.7 Å². The fraction of sp³-hybridized carbons (Fsp3) is 0.471. The summed E-state index contributed by atoms with van der Waals surface area (Å²) in [6, 6.07) is 14.4. The topological polar surface area (TPSA) is 83.0 Å². The van der Waals surface area contributed by atoms with Gasteiger partial charge in [0.05, 0.1) is 19.2 Å². The zero-order valence-corrected chi connectivity index (χ0v) is 26.1. The van der Waals surface area contributed by atoms with Gasteiger partial charge in [-0.2, -0.15) is 0 Å². The molecule has 4 aromatic rings. The number of benzene rings is 2. The van der Waals surface area contributed by atoms with Crippen LogP contribution in [-0.4, -0.2) is 109 Å². The van der Waals surface area contributed by atoms with E-state index in [9.17, 15) is 0 Å². The summed E-state index contributed by atoms with van der Waals surface area (Å²) in [5, 5.41) is 0.980. The number of methoxy groups -OCH3 is 1. The average molecular weight is 597 g/mol. The summed E-state index contributed by atoms with van der Waals surface area (Å²) in [5.74, 6) is 3.15. The molecule has 232 valence electrons. The van der Waals surface area contributed by atoms with E-state index in [0.717, 1.165) is 79.4 Å². The molecule has 0 unspecified atom stereocenters. The largest absolute Gasteiger partial charge is 0.493 e. The zero-order chi connectivity index (χ0) is 30.1. The minimum absolute atomic E-state index is 0.663. The SMILES string of the molecule is COc1cc2ncnc(N3CCN(c4ncc(Cc5ccccc5)cn4)CC3)c2cc1OCCCCCN1CCN(C)CC1. The summed E-state index contributed by atoms with van der Waals surface area (Å²) in [6.45, 7) is 9.80. The second-order valence-corrected chi connectivity index (χ2v) is 11.8. The quantitative estimate of drug-likeness (QED) is 0.223. The Hall–Kier alpha value is -4.02. The molecule has 2 saturated heterocycles. The molecule has 2 aromatic carbocycles. The predicted molar refractivity (Wildman–Crippen MR) is 175 cm³/mol. The van der Waals surface area contributed by atoms with E-state index in [0.29, 0.717) is 12.4 Å². The molecule has 0 bridgehead atoms. The monoisotopic (exact) mass is 596 g/mol. The van der Waals surface area contributed by atoms with E-state index in [1.807, 2.05) is 24.5 Å². The summed E-state index contributed by atoms with van der Waals surface area (Å²) in [4.78, 5) is 28.2. The van der Waals surface area contributed by atoms with Gasteiger partial charge in [0, 0.05) is 82.6 Å². The van der Waals surface area contributed by atoms with Crippen LogP contribution in [0.1, 0.15) is 30.4 Å². The minimum Gasteiger partial charge on any atom is -0.493 e. The maximum absolute atomic E-state index is 6.26. The fourth-order valence-electron chi connectivity index (χ4n) is 5.99. The second-order valence-electron chi connectivity index (χ2n) is 11.8. The molecule has 0 atom stereocenters. The molecular weight excluding hydrogens is 552 g/mol. The van der Waals surface area contributed by atoms with Crippen LogP contribution in [0.4, 0.5) is 11.8 Å². The third kappa shape index (κ3) is 7.54. The number of rotatable bonds is 12. The van der Waals surface area contributed by atoms with Crippen molar-refractivity contribution in [3.05, 3.63) is 72.3 Å². The first kappa shape index (κ1) is 30.0. The maximum atomic E-state index is 6.26. The lowest BCUT2D eigenvalue weighted by atomic mass is 10.1. The highest BCUT2D eigenvalue weighted by molar-refractivity contribution is 5.92. The smallest absolute Gasteiger partial charge is 0.225 e. The van der Waals surface area contributed by atoms with Crippen molar-refractivity contribution in [3.8, 4) is 11.5 Å². The normalized spacial score (nSPS) is 16.4. The molecule has 44 heavy (non-hydrogen) atoms. The molecular formula is C34H44N8O2. The molecule has 0 aliphatic carbocycles. The Morgan fingerprint density at radius 2 is 1.48 bits per heavy atom. The van der Waals surface area contributed by atoms with Gasteiger partial charge >= 0.3 is 0 Å². The summed E-state index contributed by atoms with van der Waals surface area (Å²) in [6.07, 6.45) is 9.74. The Balaban J connectivity index is 1.04. The van der Waals surface area contributed by atoms with Crippen LogP contribution in [0, 0.1) is 0 Å². The molecule has 10 heteroatoms. The number of hydrogen-bond acceptors (Lipinski definition) is 10. The van der Waals surface area contributed by atoms with Crippen LogP contribution in [0.5, 0.6) is 11.5 Å². The standard InChI is InChI=1S/C34H44N8O2/c1-39-12-14-40(15-13-39)11-7-4-8-20-44-32-22-29-30(23-31(32)43-2)37-26-38-33(29)41-16-18-42(19-17-41)34-35-24-28(25-36-34)21-27-9-5-3-6-10-27/h3,5-6,9-10,22-26H,4,7-8,11-21H2,1-2H3. The van der Waals surface area contributed by atoms with Gasteiger partial charge in [0.1, 0.15) is 12.1 Å². The number of fused-ring (bicyclic) bond motifs is 1. The van der Waals surface area contributed by atoms with Gasteiger partial charge in [-0.1, -0.05) is 30.3 Å². The Labute approximate surface area is 260 Å². The van der Waals surface area contributed by atoms with E-state index in [4.69, 9.17) is 14.5 Å². The Kier molecular flexibility index (Phi) is 9.99. The number of likely N-dealkylation sites (N-methyl/N-ethyl adjacent to an activating group) is 1. The van der Waals surface area contributed by atoms with Crippen LogP contribution in [0.2, 0.25) is 0 Å². The van der Waals surface area contributed by atoms with Crippen LogP contribution in [-0.2, 0) is 6.42 Å². The van der Waals surface area contributed by atoms with Gasteiger partial charge in [0.15, 0.2) is 11.5 Å². The van der Waals surface area contributed by atoms with Crippen molar-refractivity contribution in [2.24, 2.45) is 0 Å². The summed E-state index contributed by atoms with van der Waals surface area (Å²) < 4.78 is 11.9. The van der Waals surface area contributed by atoms with Gasteiger partial charge < -0.3 is 29.1 Å². The average Bonchev–Trinajstić information content (AvgIpc) is 3.07. The minimum atomic E-state index is 0.663. The van der Waals surface area contributed by atoms with Crippen molar-refractivity contribution in [1.29, 1.82) is 0 Å². The van der Waals surface area contributed by atoms with Crippen LogP contribution >= 0.6 is 0 Å². The van der Waals surface area contributed by atoms with Crippen molar-refractivity contribution in [3.63, 3.8) is 0 Å². The van der Waals surface area contributed by atoms with E-state index in [2.05, 4.69) is 71.9 Å². The molecule has 0 radical (unpaired) electrons. The number of ether oxygens (including phenoxy) is 2. The van der Waals surface area contributed by atoms with Gasteiger partial charge in [-0.15, -0.1) is 0 Å².